The van der Waals surface area contributed by atoms with Crippen molar-refractivity contribution in [2.45, 2.75) is 26.6 Å². The molecule has 13 heteroatoms. The van der Waals surface area contributed by atoms with Crippen LogP contribution in [-0.2, 0) is 22.9 Å². The van der Waals surface area contributed by atoms with Crippen molar-refractivity contribution in [1.82, 2.24) is 0 Å². The number of nitro groups is 1. The lowest BCUT2D eigenvalue weighted by atomic mass is 10.0. The van der Waals surface area contributed by atoms with E-state index in [-0.39, 0.29) is 13.2 Å². The topological polar surface area (TPSA) is 179 Å². The molecule has 0 spiro atoms. The van der Waals surface area contributed by atoms with Gasteiger partial charge in [-0.25, -0.2) is 9.68 Å². The first-order chi connectivity index (χ1) is 21.8. The molecule has 0 radical (unpaired) electrons. The predicted molar refractivity (Wildman–Crippen MR) is 164 cm³/mol. The number of aryl methyl sites for hydroxylation is 1. The first-order valence-corrected chi connectivity index (χ1v) is 13.8. The quantitative estimate of drug-likeness (QED) is 0.0484. The van der Waals surface area contributed by atoms with Crippen molar-refractivity contribution in [1.29, 1.82) is 0 Å². The molecule has 4 rings (SSSR count). The second kappa shape index (κ2) is 15.8. The minimum atomic E-state index is -1.45. The number of carboxylic acid groups (broad SMARTS) is 1. The molecular formula is C32H31N3O10. The van der Waals surface area contributed by atoms with Gasteiger partial charge in [-0.1, -0.05) is 24.3 Å². The molecule has 1 amide bonds. The minimum absolute atomic E-state index is 0.0762. The zero-order chi connectivity index (χ0) is 32.2. The summed E-state index contributed by atoms with van der Waals surface area (Å²) in [5.74, 6) is -1.16. The number of hydrogen-bond donors (Lipinski definition) is 4. The maximum atomic E-state index is 12.7. The number of nitro benzene ring substituents is 1. The molecule has 0 atom stereocenters. The highest BCUT2D eigenvalue weighted by molar-refractivity contribution is 6.13. The first-order valence-electron chi connectivity index (χ1n) is 13.8. The Morgan fingerprint density at radius 1 is 0.844 bits per heavy atom. The molecule has 0 fully saturated rings. The molecular weight excluding hydrogens is 586 g/mol. The molecule has 4 aromatic carbocycles. The van der Waals surface area contributed by atoms with Crippen LogP contribution in [0.1, 0.15) is 43.8 Å². The standard InChI is InChI=1S/C32H31N3O10/c1-21-5-2-6-22(19-45-41)28(21)20-44-34-24-11-15-26(16-12-24)43-18-4-17-42-25-13-9-23(10-14-25)33-31(36)30-27(32(37)38)7-3-8-29(30)35(39)40/h2-3,5-16,34,41H,4,17-20H2,1H3,(H,33,36)(H,37,38). The average Bonchev–Trinajstić information content (AvgIpc) is 3.03. The Morgan fingerprint density at radius 3 is 2.07 bits per heavy atom. The molecule has 0 aliphatic heterocycles. The number of carbonyl (C=O) groups is 2. The fourth-order valence-electron chi connectivity index (χ4n) is 4.36. The summed E-state index contributed by atoms with van der Waals surface area (Å²) in [7, 11) is 0. The summed E-state index contributed by atoms with van der Waals surface area (Å²) in [5, 5.41) is 32.0. The van der Waals surface area contributed by atoms with Crippen molar-refractivity contribution in [3.8, 4) is 11.5 Å². The molecule has 0 unspecified atom stereocenters. The molecule has 234 valence electrons. The summed E-state index contributed by atoms with van der Waals surface area (Å²) in [4.78, 5) is 44.7. The van der Waals surface area contributed by atoms with E-state index in [4.69, 9.17) is 19.6 Å². The lowest BCUT2D eigenvalue weighted by Crippen LogP contribution is -2.18. The van der Waals surface area contributed by atoms with Gasteiger partial charge in [0, 0.05) is 18.2 Å². The maximum absolute atomic E-state index is 12.7. The number of carboxylic acids is 1. The summed E-state index contributed by atoms with van der Waals surface area (Å²) in [5.41, 5.74) is 5.13. The fourth-order valence-corrected chi connectivity index (χ4v) is 4.36. The number of nitrogens with zero attached hydrogens (tertiary/aromatic N) is 1. The number of carbonyl (C=O) groups excluding carboxylic acids is 1. The Bertz CT molecular complexity index is 1590. The molecule has 0 saturated carbocycles. The van der Waals surface area contributed by atoms with Crippen molar-refractivity contribution in [3.05, 3.63) is 123 Å². The maximum Gasteiger partial charge on any atom is 0.336 e. The molecule has 0 aliphatic rings. The Labute approximate surface area is 258 Å². The van der Waals surface area contributed by atoms with E-state index in [9.17, 15) is 24.8 Å². The number of anilines is 2. The smallest absolute Gasteiger partial charge is 0.336 e. The third-order valence-electron chi connectivity index (χ3n) is 6.62. The second-order valence-electron chi connectivity index (χ2n) is 9.69. The average molecular weight is 618 g/mol. The van der Waals surface area contributed by atoms with E-state index in [1.54, 1.807) is 24.3 Å². The summed E-state index contributed by atoms with van der Waals surface area (Å²) in [6, 6.07) is 22.7. The molecule has 4 aromatic rings. The van der Waals surface area contributed by atoms with E-state index in [1.807, 2.05) is 49.4 Å². The van der Waals surface area contributed by atoms with Crippen LogP contribution in [0, 0.1) is 17.0 Å². The molecule has 45 heavy (non-hydrogen) atoms. The SMILES string of the molecule is Cc1cccc(COO)c1CONc1ccc(OCCCOc2ccc(NC(=O)c3c(C(=O)O)cccc3[N+](=O)[O-])cc2)cc1. The van der Waals surface area contributed by atoms with Crippen LogP contribution in [0.15, 0.2) is 84.9 Å². The van der Waals surface area contributed by atoms with Crippen molar-refractivity contribution < 1.29 is 44.1 Å². The van der Waals surface area contributed by atoms with Crippen molar-refractivity contribution in [3.63, 3.8) is 0 Å². The number of amides is 1. The summed E-state index contributed by atoms with van der Waals surface area (Å²) in [6.45, 7) is 3.09. The fraction of sp³-hybridized carbons (Fsp3) is 0.188. The van der Waals surface area contributed by atoms with E-state index in [2.05, 4.69) is 15.7 Å². The third kappa shape index (κ3) is 9.00. The number of hydrogen-bond acceptors (Lipinski definition) is 10. The Hall–Kier alpha value is -5.50. The zero-order valence-corrected chi connectivity index (χ0v) is 24.2. The molecule has 0 aliphatic carbocycles. The van der Waals surface area contributed by atoms with Gasteiger partial charge in [0.05, 0.1) is 29.4 Å². The van der Waals surface area contributed by atoms with E-state index in [0.717, 1.165) is 34.5 Å². The number of ether oxygens (including phenoxy) is 2. The van der Waals surface area contributed by atoms with Crippen LogP contribution in [0.2, 0.25) is 0 Å². The number of nitrogens with one attached hydrogen (secondary N) is 2. The Kier molecular flexibility index (Phi) is 11.4. The van der Waals surface area contributed by atoms with Crippen LogP contribution in [0.25, 0.3) is 0 Å². The van der Waals surface area contributed by atoms with Gasteiger partial charge in [-0.3, -0.25) is 30.5 Å². The van der Waals surface area contributed by atoms with Gasteiger partial charge in [-0.15, -0.1) is 0 Å². The van der Waals surface area contributed by atoms with E-state index >= 15 is 0 Å². The lowest BCUT2D eigenvalue weighted by molar-refractivity contribution is -0.385. The normalized spacial score (nSPS) is 10.6. The van der Waals surface area contributed by atoms with Gasteiger partial charge in [0.15, 0.2) is 0 Å². The largest absolute Gasteiger partial charge is 0.493 e. The van der Waals surface area contributed by atoms with Gasteiger partial charge in [-0.05, 0) is 78.2 Å². The highest BCUT2D eigenvalue weighted by Gasteiger charge is 2.27. The van der Waals surface area contributed by atoms with Crippen molar-refractivity contribution in [2.75, 3.05) is 24.0 Å². The van der Waals surface area contributed by atoms with Crippen molar-refractivity contribution >= 4 is 28.9 Å². The number of rotatable bonds is 16. The third-order valence-corrected chi connectivity index (χ3v) is 6.62. The molecule has 0 saturated heterocycles. The highest BCUT2D eigenvalue weighted by atomic mass is 17.1. The molecule has 0 heterocycles. The van der Waals surface area contributed by atoms with Gasteiger partial charge in [0.2, 0.25) is 0 Å². The second-order valence-corrected chi connectivity index (χ2v) is 9.69. The molecule has 0 bridgehead atoms. The van der Waals surface area contributed by atoms with Crippen LogP contribution in [-0.4, -0.2) is 40.4 Å². The van der Waals surface area contributed by atoms with E-state index in [0.29, 0.717) is 36.8 Å². The number of benzene rings is 4. The van der Waals surface area contributed by atoms with Crippen LogP contribution in [0.4, 0.5) is 17.1 Å². The minimum Gasteiger partial charge on any atom is -0.493 e. The first kappa shape index (κ1) is 32.4. The Morgan fingerprint density at radius 2 is 1.47 bits per heavy atom. The summed E-state index contributed by atoms with van der Waals surface area (Å²) < 4.78 is 11.5. The predicted octanol–water partition coefficient (Wildman–Crippen LogP) is 6.23. The summed E-state index contributed by atoms with van der Waals surface area (Å²) in [6.07, 6.45) is 0.591. The van der Waals surface area contributed by atoms with Gasteiger partial charge in [0.25, 0.3) is 11.6 Å². The van der Waals surface area contributed by atoms with Gasteiger partial charge >= 0.3 is 5.97 Å². The van der Waals surface area contributed by atoms with Crippen LogP contribution < -0.4 is 20.3 Å². The number of aromatic carboxylic acids is 1. The van der Waals surface area contributed by atoms with E-state index in [1.165, 1.54) is 6.07 Å². The van der Waals surface area contributed by atoms with E-state index < -0.39 is 33.6 Å². The van der Waals surface area contributed by atoms with Gasteiger partial charge < -0.3 is 19.9 Å². The molecule has 0 aromatic heterocycles. The van der Waals surface area contributed by atoms with Crippen LogP contribution in [0.3, 0.4) is 0 Å². The highest BCUT2D eigenvalue weighted by Crippen LogP contribution is 2.25. The van der Waals surface area contributed by atoms with Crippen LogP contribution >= 0.6 is 0 Å². The van der Waals surface area contributed by atoms with Crippen LogP contribution in [0.5, 0.6) is 11.5 Å². The van der Waals surface area contributed by atoms with Crippen molar-refractivity contribution in [2.24, 2.45) is 0 Å². The van der Waals surface area contributed by atoms with Gasteiger partial charge in [-0.2, -0.15) is 0 Å². The molecule has 13 nitrogen and oxygen atoms in total. The summed E-state index contributed by atoms with van der Waals surface area (Å²) >= 11 is 0. The van der Waals surface area contributed by atoms with Gasteiger partial charge in [0.1, 0.15) is 30.3 Å². The Balaban J connectivity index is 1.18. The molecule has 4 N–H and O–H groups in total. The zero-order valence-electron chi connectivity index (χ0n) is 24.2. The lowest BCUT2D eigenvalue weighted by Gasteiger charge is -2.13. The monoisotopic (exact) mass is 617 g/mol.